The fourth-order valence-corrected chi connectivity index (χ4v) is 2.10. The van der Waals surface area contributed by atoms with Crippen LogP contribution in [-0.4, -0.2) is 16.5 Å². The molecule has 0 aliphatic heterocycles. The predicted molar refractivity (Wildman–Crippen MR) is 79.8 cm³/mol. The first-order chi connectivity index (χ1) is 9.17. The van der Waals surface area contributed by atoms with E-state index < -0.39 is 0 Å². The lowest BCUT2D eigenvalue weighted by Crippen LogP contribution is -2.06. The first-order valence-electron chi connectivity index (χ1n) is 6.50. The maximum atomic E-state index is 5.99. The van der Waals surface area contributed by atoms with Gasteiger partial charge in [0, 0.05) is 29.7 Å². The van der Waals surface area contributed by atoms with Gasteiger partial charge in [-0.15, -0.1) is 0 Å². The molecule has 0 spiro atoms. The molecule has 2 rings (SSSR count). The summed E-state index contributed by atoms with van der Waals surface area (Å²) >= 11 is 5.99. The second kappa shape index (κ2) is 6.53. The van der Waals surface area contributed by atoms with Gasteiger partial charge in [0.2, 0.25) is 0 Å². The first kappa shape index (κ1) is 13.8. The molecule has 0 fully saturated rings. The highest BCUT2D eigenvalue weighted by atomic mass is 35.5. The summed E-state index contributed by atoms with van der Waals surface area (Å²) in [6, 6.07) is 9.78. The lowest BCUT2D eigenvalue weighted by molar-refractivity contribution is 0.917. The molecule has 0 unspecified atom stereocenters. The summed E-state index contributed by atoms with van der Waals surface area (Å²) in [5.74, 6) is 1.72. The fraction of sp³-hybridized carbons (Fsp3) is 0.333. The molecule has 0 radical (unpaired) electrons. The summed E-state index contributed by atoms with van der Waals surface area (Å²) in [6.45, 7) is 5.04. The van der Waals surface area contributed by atoms with Gasteiger partial charge >= 0.3 is 0 Å². The van der Waals surface area contributed by atoms with Gasteiger partial charge < -0.3 is 5.32 Å². The molecule has 0 amide bonds. The van der Waals surface area contributed by atoms with Crippen molar-refractivity contribution in [2.45, 2.75) is 26.7 Å². The van der Waals surface area contributed by atoms with Crippen molar-refractivity contribution in [3.63, 3.8) is 0 Å². The molecule has 100 valence electrons. The minimum atomic E-state index is 0.697. The van der Waals surface area contributed by atoms with Gasteiger partial charge in [-0.25, -0.2) is 9.97 Å². The normalized spacial score (nSPS) is 10.5. The van der Waals surface area contributed by atoms with Crippen LogP contribution in [0.25, 0.3) is 0 Å². The van der Waals surface area contributed by atoms with Crippen molar-refractivity contribution < 1.29 is 0 Å². The molecule has 1 N–H and O–H groups in total. The summed E-state index contributed by atoms with van der Waals surface area (Å²) in [5, 5.41) is 4.04. The van der Waals surface area contributed by atoms with Crippen molar-refractivity contribution in [2.24, 2.45) is 0 Å². The lowest BCUT2D eigenvalue weighted by Gasteiger charge is -2.08. The average Bonchev–Trinajstić information content (AvgIpc) is 2.35. The monoisotopic (exact) mass is 275 g/mol. The Balaban J connectivity index is 2.17. The molecule has 4 heteroatoms. The van der Waals surface area contributed by atoms with Crippen molar-refractivity contribution in [3.05, 3.63) is 52.4 Å². The van der Waals surface area contributed by atoms with Crippen LogP contribution in [0.4, 0.5) is 5.82 Å². The molecule has 0 aliphatic carbocycles. The highest BCUT2D eigenvalue weighted by Crippen LogP contribution is 2.14. The van der Waals surface area contributed by atoms with E-state index in [0.29, 0.717) is 6.42 Å². The molecule has 2 aromatic rings. The van der Waals surface area contributed by atoms with Gasteiger partial charge in [-0.3, -0.25) is 0 Å². The number of nitrogens with one attached hydrogen (secondary N) is 1. The summed E-state index contributed by atoms with van der Waals surface area (Å²) in [7, 11) is 0. The van der Waals surface area contributed by atoms with Gasteiger partial charge in [0.25, 0.3) is 0 Å². The maximum absolute atomic E-state index is 5.99. The Morgan fingerprint density at radius 1 is 1.21 bits per heavy atom. The highest BCUT2D eigenvalue weighted by Gasteiger charge is 2.04. The largest absolute Gasteiger partial charge is 0.370 e. The summed E-state index contributed by atoms with van der Waals surface area (Å²) < 4.78 is 0. The maximum Gasteiger partial charge on any atom is 0.135 e. The molecular weight excluding hydrogens is 258 g/mol. The Kier molecular flexibility index (Phi) is 4.74. The second-order valence-corrected chi connectivity index (χ2v) is 4.98. The third-order valence-corrected chi connectivity index (χ3v) is 2.94. The number of hydrogen-bond acceptors (Lipinski definition) is 3. The van der Waals surface area contributed by atoms with Crippen LogP contribution in [-0.2, 0) is 6.42 Å². The molecule has 0 saturated carbocycles. The highest BCUT2D eigenvalue weighted by molar-refractivity contribution is 6.30. The van der Waals surface area contributed by atoms with Crippen LogP contribution < -0.4 is 5.32 Å². The van der Waals surface area contributed by atoms with Gasteiger partial charge in [-0.2, -0.15) is 0 Å². The van der Waals surface area contributed by atoms with Crippen LogP contribution >= 0.6 is 11.6 Å². The Hall–Kier alpha value is -1.61. The Morgan fingerprint density at radius 2 is 2.05 bits per heavy atom. The van der Waals surface area contributed by atoms with Crippen LogP contribution in [0, 0.1) is 6.92 Å². The number of aryl methyl sites for hydroxylation is 1. The number of aromatic nitrogens is 2. The van der Waals surface area contributed by atoms with E-state index in [1.165, 1.54) is 0 Å². The molecule has 0 saturated heterocycles. The molecule has 0 atom stereocenters. The molecule has 1 aromatic heterocycles. The molecule has 0 bridgehead atoms. The second-order valence-electron chi connectivity index (χ2n) is 4.54. The SMILES string of the molecule is CCCNc1cc(C)nc(Cc2cccc(Cl)c2)n1. The standard InChI is InChI=1S/C15H18ClN3/c1-3-7-17-14-8-11(2)18-15(19-14)10-12-5-4-6-13(16)9-12/h4-6,8-9H,3,7,10H2,1-2H3,(H,17,18,19). The van der Waals surface area contributed by atoms with Crippen LogP contribution in [0.5, 0.6) is 0 Å². The van der Waals surface area contributed by atoms with Gasteiger partial charge in [0.1, 0.15) is 11.6 Å². The topological polar surface area (TPSA) is 37.8 Å². The Labute approximate surface area is 119 Å². The fourth-order valence-electron chi connectivity index (χ4n) is 1.88. The molecule has 19 heavy (non-hydrogen) atoms. The lowest BCUT2D eigenvalue weighted by atomic mass is 10.1. The van der Waals surface area contributed by atoms with E-state index in [0.717, 1.165) is 40.9 Å². The Morgan fingerprint density at radius 3 is 2.79 bits per heavy atom. The number of halogens is 1. The molecular formula is C15H18ClN3. The van der Waals surface area contributed by atoms with E-state index in [1.54, 1.807) is 0 Å². The van der Waals surface area contributed by atoms with E-state index in [4.69, 9.17) is 11.6 Å². The van der Waals surface area contributed by atoms with E-state index in [1.807, 2.05) is 37.3 Å². The third kappa shape index (κ3) is 4.21. The first-order valence-corrected chi connectivity index (χ1v) is 6.88. The van der Waals surface area contributed by atoms with Gasteiger partial charge in [0.05, 0.1) is 0 Å². The zero-order valence-electron chi connectivity index (χ0n) is 11.3. The van der Waals surface area contributed by atoms with Crippen LogP contribution in [0.15, 0.2) is 30.3 Å². The molecule has 1 heterocycles. The van der Waals surface area contributed by atoms with Crippen molar-refractivity contribution in [1.82, 2.24) is 9.97 Å². The van der Waals surface area contributed by atoms with Crippen molar-refractivity contribution in [1.29, 1.82) is 0 Å². The van der Waals surface area contributed by atoms with Gasteiger partial charge in [0.15, 0.2) is 0 Å². The van der Waals surface area contributed by atoms with Crippen LogP contribution in [0.3, 0.4) is 0 Å². The summed E-state index contributed by atoms with van der Waals surface area (Å²) in [4.78, 5) is 9.00. The van der Waals surface area contributed by atoms with Crippen molar-refractivity contribution >= 4 is 17.4 Å². The Bertz CT molecular complexity index is 555. The molecule has 0 aliphatic rings. The van der Waals surface area contributed by atoms with Gasteiger partial charge in [-0.1, -0.05) is 30.7 Å². The molecule has 3 nitrogen and oxygen atoms in total. The minimum Gasteiger partial charge on any atom is -0.370 e. The van der Waals surface area contributed by atoms with E-state index in [-0.39, 0.29) is 0 Å². The third-order valence-electron chi connectivity index (χ3n) is 2.71. The van der Waals surface area contributed by atoms with Gasteiger partial charge in [-0.05, 0) is 31.0 Å². The quantitative estimate of drug-likeness (QED) is 0.901. The predicted octanol–water partition coefficient (Wildman–Crippen LogP) is 3.85. The van der Waals surface area contributed by atoms with Crippen LogP contribution in [0.1, 0.15) is 30.4 Å². The number of benzene rings is 1. The summed E-state index contributed by atoms with van der Waals surface area (Å²) in [6.07, 6.45) is 1.77. The molecule has 1 aromatic carbocycles. The van der Waals surface area contributed by atoms with Crippen molar-refractivity contribution in [2.75, 3.05) is 11.9 Å². The zero-order chi connectivity index (χ0) is 13.7. The van der Waals surface area contributed by atoms with E-state index in [2.05, 4.69) is 22.2 Å². The van der Waals surface area contributed by atoms with Crippen LogP contribution in [0.2, 0.25) is 5.02 Å². The van der Waals surface area contributed by atoms with Crippen molar-refractivity contribution in [3.8, 4) is 0 Å². The number of nitrogens with zero attached hydrogens (tertiary/aromatic N) is 2. The van der Waals surface area contributed by atoms with E-state index in [9.17, 15) is 0 Å². The number of anilines is 1. The van der Waals surface area contributed by atoms with E-state index >= 15 is 0 Å². The number of rotatable bonds is 5. The average molecular weight is 276 g/mol. The summed E-state index contributed by atoms with van der Waals surface area (Å²) in [5.41, 5.74) is 2.10. The smallest absolute Gasteiger partial charge is 0.135 e. The zero-order valence-corrected chi connectivity index (χ0v) is 12.0. The minimum absolute atomic E-state index is 0.697. The number of hydrogen-bond donors (Lipinski definition) is 1.